The Kier molecular flexibility index (Phi) is 4.85. The van der Waals surface area contributed by atoms with E-state index in [1.165, 1.54) is 16.7 Å². The maximum absolute atomic E-state index is 13.3. The van der Waals surface area contributed by atoms with E-state index in [2.05, 4.69) is 10.4 Å². The molecule has 1 aromatic heterocycles. The fourth-order valence-electron chi connectivity index (χ4n) is 3.64. The standard InChI is InChI=1S/C21H18FN5O5/c22-14-2-4-15(5-3-14)25-7-8-26-19(29)20(30)27(24-21(25)26)11-18(28)23-10-13-1-6-16-17(9-13)32-12-31-16/h1-6,9H,7-8,10-12H2,(H,23,28). The number of nitrogens with one attached hydrogen (secondary N) is 1. The van der Waals surface area contributed by atoms with Crippen molar-refractivity contribution in [2.24, 2.45) is 0 Å². The first-order valence-corrected chi connectivity index (χ1v) is 9.90. The van der Waals surface area contributed by atoms with Crippen LogP contribution in [0.15, 0.2) is 52.1 Å². The Hall–Kier alpha value is -4.15. The van der Waals surface area contributed by atoms with Crippen LogP contribution in [0.4, 0.5) is 16.0 Å². The lowest BCUT2D eigenvalue weighted by atomic mass is 10.2. The van der Waals surface area contributed by atoms with Gasteiger partial charge in [0.15, 0.2) is 11.5 Å². The summed E-state index contributed by atoms with van der Waals surface area (Å²) in [6, 6.07) is 11.0. The number of amides is 1. The molecule has 0 radical (unpaired) electrons. The fourth-order valence-corrected chi connectivity index (χ4v) is 3.64. The van der Waals surface area contributed by atoms with Gasteiger partial charge in [0.2, 0.25) is 18.6 Å². The SMILES string of the molecule is O=C(Cn1nc2n(c(=O)c1=O)CCN2c1ccc(F)cc1)NCc1ccc2c(c1)OCO2. The molecule has 32 heavy (non-hydrogen) atoms. The number of rotatable bonds is 5. The number of carbonyl (C=O) groups excluding carboxylic acids is 1. The predicted molar refractivity (Wildman–Crippen MR) is 111 cm³/mol. The molecule has 2 aliphatic heterocycles. The van der Waals surface area contributed by atoms with Gasteiger partial charge in [-0.15, -0.1) is 5.10 Å². The van der Waals surface area contributed by atoms with Crippen molar-refractivity contribution >= 4 is 17.5 Å². The third kappa shape index (κ3) is 3.57. The predicted octanol–water partition coefficient (Wildman–Crippen LogP) is 0.741. The highest BCUT2D eigenvalue weighted by Gasteiger charge is 2.26. The highest BCUT2D eigenvalue weighted by Crippen LogP contribution is 2.32. The van der Waals surface area contributed by atoms with Crippen LogP contribution in [0.3, 0.4) is 0 Å². The molecule has 0 saturated heterocycles. The second-order valence-corrected chi connectivity index (χ2v) is 7.31. The molecule has 0 atom stereocenters. The van der Waals surface area contributed by atoms with Crippen LogP contribution in [-0.4, -0.2) is 33.6 Å². The third-order valence-corrected chi connectivity index (χ3v) is 5.26. The van der Waals surface area contributed by atoms with Crippen molar-refractivity contribution in [3.8, 4) is 11.5 Å². The normalized spacial score (nSPS) is 13.8. The zero-order valence-electron chi connectivity index (χ0n) is 16.8. The summed E-state index contributed by atoms with van der Waals surface area (Å²) < 4.78 is 25.9. The monoisotopic (exact) mass is 439 g/mol. The number of hydrogen-bond acceptors (Lipinski definition) is 7. The zero-order chi connectivity index (χ0) is 22.2. The number of benzene rings is 2. The summed E-state index contributed by atoms with van der Waals surface area (Å²) in [6.07, 6.45) is 0. The number of fused-ring (bicyclic) bond motifs is 2. The van der Waals surface area contributed by atoms with E-state index in [0.29, 0.717) is 23.7 Å². The summed E-state index contributed by atoms with van der Waals surface area (Å²) >= 11 is 0. The molecule has 10 nitrogen and oxygen atoms in total. The topological polar surface area (TPSA) is 108 Å². The number of hydrogen-bond donors (Lipinski definition) is 1. The van der Waals surface area contributed by atoms with E-state index >= 15 is 0 Å². The molecule has 11 heteroatoms. The van der Waals surface area contributed by atoms with Gasteiger partial charge in [0, 0.05) is 25.3 Å². The van der Waals surface area contributed by atoms with Crippen molar-refractivity contribution in [1.82, 2.24) is 19.7 Å². The minimum atomic E-state index is -0.882. The second-order valence-electron chi connectivity index (χ2n) is 7.31. The van der Waals surface area contributed by atoms with Crippen LogP contribution in [0.5, 0.6) is 11.5 Å². The minimum Gasteiger partial charge on any atom is -0.454 e. The Bertz CT molecular complexity index is 1320. The molecule has 2 aromatic carbocycles. The Balaban J connectivity index is 1.34. The van der Waals surface area contributed by atoms with Crippen LogP contribution in [-0.2, 0) is 24.4 Å². The molecule has 0 aliphatic carbocycles. The van der Waals surface area contributed by atoms with Crippen molar-refractivity contribution in [3.05, 3.63) is 74.6 Å². The maximum Gasteiger partial charge on any atom is 0.333 e. The quantitative estimate of drug-likeness (QED) is 0.585. The average molecular weight is 439 g/mol. The number of nitrogens with zero attached hydrogens (tertiary/aromatic N) is 4. The van der Waals surface area contributed by atoms with Gasteiger partial charge in [0.1, 0.15) is 12.4 Å². The van der Waals surface area contributed by atoms with Crippen molar-refractivity contribution < 1.29 is 18.7 Å². The molecule has 0 saturated carbocycles. The summed E-state index contributed by atoms with van der Waals surface area (Å²) in [7, 11) is 0. The van der Waals surface area contributed by atoms with Gasteiger partial charge in [-0.05, 0) is 42.0 Å². The molecule has 0 bridgehead atoms. The lowest BCUT2D eigenvalue weighted by molar-refractivity contribution is -0.122. The molecule has 3 aromatic rings. The number of ether oxygens (including phenoxy) is 2. The van der Waals surface area contributed by atoms with E-state index in [0.717, 1.165) is 10.2 Å². The Morgan fingerprint density at radius 2 is 1.81 bits per heavy atom. The van der Waals surface area contributed by atoms with Crippen LogP contribution >= 0.6 is 0 Å². The highest BCUT2D eigenvalue weighted by molar-refractivity contribution is 5.75. The molecule has 0 unspecified atom stereocenters. The fraction of sp³-hybridized carbons (Fsp3) is 0.238. The largest absolute Gasteiger partial charge is 0.454 e. The van der Waals surface area contributed by atoms with Gasteiger partial charge in [-0.25, -0.2) is 9.07 Å². The van der Waals surface area contributed by atoms with Gasteiger partial charge in [0.05, 0.1) is 0 Å². The van der Waals surface area contributed by atoms with Gasteiger partial charge < -0.3 is 19.7 Å². The summed E-state index contributed by atoms with van der Waals surface area (Å²) in [5.41, 5.74) is -0.224. The van der Waals surface area contributed by atoms with Crippen LogP contribution in [0.25, 0.3) is 0 Å². The first-order chi connectivity index (χ1) is 15.5. The molecule has 164 valence electrons. The number of aromatic nitrogens is 3. The molecular formula is C21H18FN5O5. The summed E-state index contributed by atoms with van der Waals surface area (Å²) in [6.45, 7) is 0.612. The van der Waals surface area contributed by atoms with E-state index in [-0.39, 0.29) is 31.6 Å². The molecule has 0 spiro atoms. The average Bonchev–Trinajstić information content (AvgIpc) is 3.43. The summed E-state index contributed by atoms with van der Waals surface area (Å²) in [4.78, 5) is 39.1. The van der Waals surface area contributed by atoms with Crippen LogP contribution in [0, 0.1) is 5.82 Å². The molecular weight excluding hydrogens is 421 g/mol. The van der Waals surface area contributed by atoms with E-state index in [1.807, 2.05) is 0 Å². The molecule has 0 fully saturated rings. The maximum atomic E-state index is 13.3. The minimum absolute atomic E-state index is 0.155. The van der Waals surface area contributed by atoms with Gasteiger partial charge in [0.25, 0.3) is 0 Å². The van der Waals surface area contributed by atoms with E-state index < -0.39 is 23.6 Å². The number of anilines is 2. The summed E-state index contributed by atoms with van der Waals surface area (Å²) in [5, 5.41) is 6.94. The smallest absolute Gasteiger partial charge is 0.333 e. The van der Waals surface area contributed by atoms with Gasteiger partial charge >= 0.3 is 11.1 Å². The lowest BCUT2D eigenvalue weighted by Crippen LogP contribution is -2.44. The lowest BCUT2D eigenvalue weighted by Gasteiger charge is -2.17. The van der Waals surface area contributed by atoms with Crippen molar-refractivity contribution in [2.75, 3.05) is 18.2 Å². The second kappa shape index (κ2) is 7.84. The van der Waals surface area contributed by atoms with Gasteiger partial charge in [-0.1, -0.05) is 6.07 Å². The van der Waals surface area contributed by atoms with E-state index in [9.17, 15) is 18.8 Å². The Morgan fingerprint density at radius 3 is 2.62 bits per heavy atom. The van der Waals surface area contributed by atoms with E-state index in [4.69, 9.17) is 9.47 Å². The zero-order valence-corrected chi connectivity index (χ0v) is 16.8. The van der Waals surface area contributed by atoms with E-state index in [1.54, 1.807) is 35.2 Å². The van der Waals surface area contributed by atoms with Crippen LogP contribution in [0.1, 0.15) is 5.56 Å². The molecule has 1 amide bonds. The molecule has 2 aliphatic rings. The van der Waals surface area contributed by atoms with Crippen molar-refractivity contribution in [3.63, 3.8) is 0 Å². The molecule has 3 heterocycles. The number of carbonyl (C=O) groups is 1. The van der Waals surface area contributed by atoms with Crippen molar-refractivity contribution in [2.45, 2.75) is 19.6 Å². The highest BCUT2D eigenvalue weighted by atomic mass is 19.1. The third-order valence-electron chi connectivity index (χ3n) is 5.26. The van der Waals surface area contributed by atoms with Gasteiger partial charge in [-0.3, -0.25) is 19.0 Å². The number of halogens is 1. The Morgan fingerprint density at radius 1 is 1.03 bits per heavy atom. The first kappa shape index (κ1) is 19.8. The molecule has 1 N–H and O–H groups in total. The van der Waals surface area contributed by atoms with Gasteiger partial charge in [-0.2, -0.15) is 0 Å². The Labute approximate surface area is 180 Å². The summed E-state index contributed by atoms with van der Waals surface area (Å²) in [5.74, 6) is 0.599. The van der Waals surface area contributed by atoms with Crippen LogP contribution in [0.2, 0.25) is 0 Å². The first-order valence-electron chi connectivity index (χ1n) is 9.90. The molecule has 5 rings (SSSR count). The van der Waals surface area contributed by atoms with Crippen LogP contribution < -0.4 is 30.8 Å². The van der Waals surface area contributed by atoms with Crippen molar-refractivity contribution in [1.29, 1.82) is 0 Å².